The van der Waals surface area contributed by atoms with Crippen LogP contribution < -0.4 is 4.74 Å². The van der Waals surface area contributed by atoms with Gasteiger partial charge in [-0.3, -0.25) is 4.21 Å². The van der Waals surface area contributed by atoms with E-state index in [-0.39, 0.29) is 11.0 Å². The number of imidazole rings is 1. The van der Waals surface area contributed by atoms with Crippen molar-refractivity contribution < 1.29 is 32.3 Å². The van der Waals surface area contributed by atoms with Gasteiger partial charge in [0.1, 0.15) is 17.1 Å². The van der Waals surface area contributed by atoms with Crippen LogP contribution in [0.1, 0.15) is 19.5 Å². The molecule has 0 spiro atoms. The van der Waals surface area contributed by atoms with Gasteiger partial charge in [-0.2, -0.15) is 13.2 Å². The third kappa shape index (κ3) is 4.27. The number of hydrogen-bond donors (Lipinski definition) is 0. The minimum absolute atomic E-state index is 0. The Morgan fingerprint density at radius 1 is 1.26 bits per heavy atom. The van der Waals surface area contributed by atoms with Gasteiger partial charge in [-0.15, -0.1) is 0 Å². The van der Waals surface area contributed by atoms with Gasteiger partial charge in [0.25, 0.3) is 0 Å². The number of halogens is 3. The van der Waals surface area contributed by atoms with E-state index in [1.165, 1.54) is 6.20 Å². The zero-order chi connectivity index (χ0) is 21.7. The van der Waals surface area contributed by atoms with Crippen molar-refractivity contribution in [2.24, 2.45) is 7.05 Å². The van der Waals surface area contributed by atoms with Gasteiger partial charge < -0.3 is 19.5 Å². The number of aryl methyl sites for hydroxylation is 1. The fourth-order valence-corrected chi connectivity index (χ4v) is 4.09. The van der Waals surface area contributed by atoms with Crippen LogP contribution in [0.5, 0.6) is 5.75 Å². The monoisotopic (exact) mass is 458 g/mol. The second-order valence-corrected chi connectivity index (χ2v) is 8.96. The lowest BCUT2D eigenvalue weighted by molar-refractivity contribution is -0.150. The summed E-state index contributed by atoms with van der Waals surface area (Å²) in [5.41, 5.74) is -0.627. The Balaban J connectivity index is 0.00000272. The predicted octanol–water partition coefficient (Wildman–Crippen LogP) is 2.52. The Labute approximate surface area is 178 Å². The van der Waals surface area contributed by atoms with Crippen LogP contribution in [0.3, 0.4) is 0 Å². The van der Waals surface area contributed by atoms with E-state index in [0.29, 0.717) is 46.6 Å². The highest BCUT2D eigenvalue weighted by molar-refractivity contribution is 7.85. The van der Waals surface area contributed by atoms with E-state index >= 15 is 0 Å². The fraction of sp³-hybridized carbons (Fsp3) is 0.421. The van der Waals surface area contributed by atoms with Crippen molar-refractivity contribution in [3.63, 3.8) is 0 Å². The lowest BCUT2D eigenvalue weighted by atomic mass is 10.1. The number of aromatic nitrogens is 4. The zero-order valence-corrected chi connectivity index (χ0v) is 17.8. The first-order valence-electron chi connectivity index (χ1n) is 9.16. The lowest BCUT2D eigenvalue weighted by Gasteiger charge is -2.38. The van der Waals surface area contributed by atoms with Crippen LogP contribution in [-0.4, -0.2) is 53.8 Å². The van der Waals surface area contributed by atoms with Crippen LogP contribution in [0.25, 0.3) is 22.6 Å². The summed E-state index contributed by atoms with van der Waals surface area (Å²) in [7, 11) is 0.254. The molecular formula is C19H21F3N4O4S. The zero-order valence-electron chi connectivity index (χ0n) is 17.0. The van der Waals surface area contributed by atoms with E-state index in [0.717, 1.165) is 12.3 Å². The van der Waals surface area contributed by atoms with Crippen molar-refractivity contribution in [3.8, 4) is 17.3 Å². The summed E-state index contributed by atoms with van der Waals surface area (Å²) < 4.78 is 64.4. The molecule has 12 heteroatoms. The van der Waals surface area contributed by atoms with Gasteiger partial charge in [-0.1, -0.05) is 6.92 Å². The van der Waals surface area contributed by atoms with Crippen molar-refractivity contribution in [2.45, 2.75) is 30.5 Å². The molecule has 1 aliphatic heterocycles. The first kappa shape index (κ1) is 23.1. The van der Waals surface area contributed by atoms with Gasteiger partial charge in [0.15, 0.2) is 11.4 Å². The van der Waals surface area contributed by atoms with E-state index in [2.05, 4.69) is 15.0 Å². The van der Waals surface area contributed by atoms with Gasteiger partial charge in [0.2, 0.25) is 0 Å². The highest BCUT2D eigenvalue weighted by atomic mass is 32.2. The van der Waals surface area contributed by atoms with Crippen molar-refractivity contribution >= 4 is 21.8 Å². The number of nitrogens with zero attached hydrogens (tertiary/aromatic N) is 4. The van der Waals surface area contributed by atoms with E-state index < -0.39 is 28.3 Å². The van der Waals surface area contributed by atoms with Crippen LogP contribution >= 0.6 is 0 Å². The van der Waals surface area contributed by atoms with Crippen LogP contribution in [0.4, 0.5) is 13.2 Å². The Hall–Kier alpha value is -2.57. The minimum atomic E-state index is -4.57. The predicted molar refractivity (Wildman–Crippen MR) is 107 cm³/mol. The molecule has 0 aliphatic carbocycles. The molecule has 0 bridgehead atoms. The smallest absolute Gasteiger partial charge is 0.433 e. The van der Waals surface area contributed by atoms with Crippen molar-refractivity contribution in [2.75, 3.05) is 19.0 Å². The van der Waals surface area contributed by atoms with Gasteiger partial charge >= 0.3 is 6.18 Å². The molecule has 3 aromatic heterocycles. The summed E-state index contributed by atoms with van der Waals surface area (Å²) >= 11 is 0. The van der Waals surface area contributed by atoms with E-state index in [1.807, 2.05) is 6.92 Å². The van der Waals surface area contributed by atoms with Gasteiger partial charge in [-0.25, -0.2) is 15.0 Å². The maximum atomic E-state index is 13.0. The topological polar surface area (TPSA) is 111 Å². The molecule has 1 saturated heterocycles. The summed E-state index contributed by atoms with van der Waals surface area (Å²) in [5, 5.41) is 0. The van der Waals surface area contributed by atoms with Gasteiger partial charge in [0.05, 0.1) is 52.3 Å². The fourth-order valence-electron chi connectivity index (χ4n) is 3.17. The molecule has 1 aliphatic rings. The molecule has 0 aromatic carbocycles. The Bertz CT molecular complexity index is 1150. The number of ether oxygens (including phenoxy) is 2. The summed E-state index contributed by atoms with van der Waals surface area (Å²) in [5.74, 6) is 1.08. The average Bonchev–Trinajstić information content (AvgIpc) is 3.01. The quantitative estimate of drug-likeness (QED) is 0.581. The molecule has 4 heterocycles. The molecule has 1 fully saturated rings. The minimum Gasteiger partial charge on any atom is -0.481 e. The highest BCUT2D eigenvalue weighted by Gasteiger charge is 2.36. The molecule has 0 radical (unpaired) electrons. The molecule has 1 atom stereocenters. The largest absolute Gasteiger partial charge is 0.481 e. The second kappa shape index (κ2) is 8.17. The molecule has 8 nitrogen and oxygen atoms in total. The number of rotatable bonds is 5. The second-order valence-electron chi connectivity index (χ2n) is 7.25. The molecule has 0 saturated carbocycles. The number of fused-ring (bicyclic) bond motifs is 1. The Morgan fingerprint density at radius 3 is 2.55 bits per heavy atom. The van der Waals surface area contributed by atoms with Crippen LogP contribution in [-0.2, 0) is 28.8 Å². The molecule has 0 amide bonds. The van der Waals surface area contributed by atoms with E-state index in [9.17, 15) is 17.4 Å². The maximum Gasteiger partial charge on any atom is 0.433 e. The highest BCUT2D eigenvalue weighted by Crippen LogP contribution is 2.33. The van der Waals surface area contributed by atoms with Crippen LogP contribution in [0.15, 0.2) is 29.4 Å². The van der Waals surface area contributed by atoms with Crippen molar-refractivity contribution in [3.05, 3.63) is 30.2 Å². The standard InChI is InChI=1S/C19H19F3N4O3S.H2O/c1-4-30(27)14-5-11(29-18(2)9-28-10-18)7-24-16(14)17-25-12-6-15(19(20,21)22)23-8-13(12)26(17)3;/h5-8H,4,9-10H2,1-3H3;1H2. The Morgan fingerprint density at radius 2 is 1.97 bits per heavy atom. The Kier molecular flexibility index (Phi) is 6.09. The van der Waals surface area contributed by atoms with E-state index in [1.54, 1.807) is 24.6 Å². The maximum absolute atomic E-state index is 13.0. The average molecular weight is 458 g/mol. The molecule has 1 unspecified atom stereocenters. The summed E-state index contributed by atoms with van der Waals surface area (Å²) in [4.78, 5) is 12.6. The van der Waals surface area contributed by atoms with Crippen molar-refractivity contribution in [1.29, 1.82) is 0 Å². The van der Waals surface area contributed by atoms with Crippen molar-refractivity contribution in [1.82, 2.24) is 19.5 Å². The van der Waals surface area contributed by atoms with Crippen LogP contribution in [0.2, 0.25) is 0 Å². The third-order valence-electron chi connectivity index (χ3n) is 4.78. The summed E-state index contributed by atoms with van der Waals surface area (Å²) in [6.07, 6.45) is -1.95. The molecule has 168 valence electrons. The third-order valence-corrected chi connectivity index (χ3v) is 6.11. The molecule has 4 rings (SSSR count). The molecule has 31 heavy (non-hydrogen) atoms. The lowest BCUT2D eigenvalue weighted by Crippen LogP contribution is -2.51. The molecule has 3 aromatic rings. The first-order chi connectivity index (χ1) is 14.1. The summed E-state index contributed by atoms with van der Waals surface area (Å²) in [6, 6.07) is 2.54. The van der Waals surface area contributed by atoms with Gasteiger partial charge in [-0.05, 0) is 13.0 Å². The number of hydrogen-bond acceptors (Lipinski definition) is 6. The first-order valence-corrected chi connectivity index (χ1v) is 10.5. The molecule has 2 N–H and O–H groups in total. The molecular weight excluding hydrogens is 437 g/mol. The van der Waals surface area contributed by atoms with Gasteiger partial charge in [0, 0.05) is 18.9 Å². The number of alkyl halides is 3. The van der Waals surface area contributed by atoms with Crippen LogP contribution in [0, 0.1) is 0 Å². The number of pyridine rings is 2. The normalized spacial score (nSPS) is 16.5. The van der Waals surface area contributed by atoms with E-state index in [4.69, 9.17) is 9.47 Å². The SMILES string of the molecule is CCS(=O)c1cc(OC2(C)COC2)cnc1-c1nc2cc(C(F)(F)F)ncc2n1C.O. The summed E-state index contributed by atoms with van der Waals surface area (Å²) in [6.45, 7) is 4.56.